The Morgan fingerprint density at radius 3 is 2.81 bits per heavy atom. The summed E-state index contributed by atoms with van der Waals surface area (Å²) < 4.78 is 5.87. The molecule has 0 bridgehead atoms. The first-order valence-electron chi connectivity index (χ1n) is 9.28. The Bertz CT molecular complexity index is 802. The normalized spacial score (nSPS) is 17.0. The average Bonchev–Trinajstić information content (AvgIpc) is 3.14. The Hall–Kier alpha value is -1.88. The van der Waals surface area contributed by atoms with Crippen LogP contribution in [0.1, 0.15) is 78.4 Å². The standard InChI is InChI=1S/C21H27NO3S/c1-5-7-15(18-8-6-9-26-18)22-19(24)10-14-13(2)25-17-12-21(3,4)11-16(23)20(14)17/h6,8-9,15H,5,7,10-12H2,1-4H3,(H,22,24). The first-order valence-corrected chi connectivity index (χ1v) is 10.2. The molecule has 2 aromatic heterocycles. The van der Waals surface area contributed by atoms with Gasteiger partial charge in [-0.05, 0) is 30.2 Å². The maximum atomic E-state index is 12.7. The van der Waals surface area contributed by atoms with Crippen molar-refractivity contribution in [2.24, 2.45) is 5.41 Å². The number of hydrogen-bond acceptors (Lipinski definition) is 4. The van der Waals surface area contributed by atoms with E-state index in [1.165, 1.54) is 4.88 Å². The van der Waals surface area contributed by atoms with E-state index < -0.39 is 0 Å². The van der Waals surface area contributed by atoms with Crippen LogP contribution in [0.3, 0.4) is 0 Å². The van der Waals surface area contributed by atoms with E-state index in [0.717, 1.165) is 30.6 Å². The molecule has 140 valence electrons. The molecule has 0 aliphatic heterocycles. The second kappa shape index (κ2) is 7.39. The summed E-state index contributed by atoms with van der Waals surface area (Å²) in [7, 11) is 0. The Balaban J connectivity index is 1.78. The van der Waals surface area contributed by atoms with Crippen molar-refractivity contribution in [1.29, 1.82) is 0 Å². The summed E-state index contributed by atoms with van der Waals surface area (Å²) in [4.78, 5) is 26.5. The van der Waals surface area contributed by atoms with Gasteiger partial charge in [-0.2, -0.15) is 0 Å². The lowest BCUT2D eigenvalue weighted by atomic mass is 9.75. The summed E-state index contributed by atoms with van der Waals surface area (Å²) in [5.41, 5.74) is 1.33. The molecule has 2 aromatic rings. The Morgan fingerprint density at radius 1 is 1.38 bits per heavy atom. The average molecular weight is 374 g/mol. The summed E-state index contributed by atoms with van der Waals surface area (Å²) in [6.07, 6.45) is 3.34. The van der Waals surface area contributed by atoms with E-state index in [2.05, 4.69) is 32.2 Å². The molecular formula is C21H27NO3S. The lowest BCUT2D eigenvalue weighted by molar-refractivity contribution is -0.121. The molecule has 1 aliphatic rings. The number of fused-ring (bicyclic) bond motifs is 1. The number of ketones is 1. The first kappa shape index (κ1) is 18.9. The number of furan rings is 1. The molecule has 1 unspecified atom stereocenters. The fourth-order valence-electron chi connectivity index (χ4n) is 3.79. The number of amides is 1. The van der Waals surface area contributed by atoms with Gasteiger partial charge in [-0.3, -0.25) is 9.59 Å². The SMILES string of the molecule is CCCC(NC(=O)Cc1c(C)oc2c1C(=O)CC(C)(C)C2)c1cccs1. The molecule has 0 saturated carbocycles. The maximum Gasteiger partial charge on any atom is 0.225 e. The van der Waals surface area contributed by atoms with Gasteiger partial charge in [0, 0.05) is 23.3 Å². The summed E-state index contributed by atoms with van der Waals surface area (Å²) in [5.74, 6) is 1.48. The zero-order valence-corrected chi connectivity index (χ0v) is 16.8. The molecule has 0 aromatic carbocycles. The number of nitrogens with one attached hydrogen (secondary N) is 1. The van der Waals surface area contributed by atoms with E-state index in [0.29, 0.717) is 17.7 Å². The minimum Gasteiger partial charge on any atom is -0.465 e. The van der Waals surface area contributed by atoms with Crippen LogP contribution >= 0.6 is 11.3 Å². The van der Waals surface area contributed by atoms with Crippen molar-refractivity contribution in [3.63, 3.8) is 0 Å². The van der Waals surface area contributed by atoms with Crippen LogP contribution in [0.4, 0.5) is 0 Å². The van der Waals surface area contributed by atoms with E-state index in [-0.39, 0.29) is 29.6 Å². The third kappa shape index (κ3) is 3.93. The molecule has 26 heavy (non-hydrogen) atoms. The number of rotatable bonds is 6. The minimum absolute atomic E-state index is 0.0326. The molecule has 2 heterocycles. The van der Waals surface area contributed by atoms with Crippen LogP contribution in [0.15, 0.2) is 21.9 Å². The molecule has 4 nitrogen and oxygen atoms in total. The number of carbonyl (C=O) groups excluding carboxylic acids is 2. The van der Waals surface area contributed by atoms with E-state index in [9.17, 15) is 9.59 Å². The molecule has 0 radical (unpaired) electrons. The third-order valence-electron chi connectivity index (χ3n) is 4.98. The van der Waals surface area contributed by atoms with E-state index in [4.69, 9.17) is 4.42 Å². The van der Waals surface area contributed by atoms with Crippen molar-refractivity contribution in [3.8, 4) is 0 Å². The minimum atomic E-state index is -0.0840. The predicted molar refractivity (Wildman–Crippen MR) is 104 cm³/mol. The number of Topliss-reactive ketones (excluding diaryl/α,β-unsaturated/α-hetero) is 1. The molecule has 0 fully saturated rings. The zero-order chi connectivity index (χ0) is 18.9. The zero-order valence-electron chi connectivity index (χ0n) is 16.0. The maximum absolute atomic E-state index is 12.7. The smallest absolute Gasteiger partial charge is 0.225 e. The van der Waals surface area contributed by atoms with Crippen molar-refractivity contribution in [3.05, 3.63) is 45.0 Å². The number of carbonyl (C=O) groups is 2. The molecule has 1 amide bonds. The quantitative estimate of drug-likeness (QED) is 0.775. The predicted octanol–water partition coefficient (Wildman–Crippen LogP) is 5.00. The topological polar surface area (TPSA) is 59.3 Å². The third-order valence-corrected chi connectivity index (χ3v) is 5.96. The second-order valence-corrected chi connectivity index (χ2v) is 8.96. The first-order chi connectivity index (χ1) is 12.3. The van der Waals surface area contributed by atoms with Gasteiger partial charge in [0.1, 0.15) is 11.5 Å². The number of hydrogen-bond donors (Lipinski definition) is 1. The molecule has 1 aliphatic carbocycles. The van der Waals surface area contributed by atoms with E-state index in [1.54, 1.807) is 11.3 Å². The highest BCUT2D eigenvalue weighted by Crippen LogP contribution is 2.38. The van der Waals surface area contributed by atoms with Crippen molar-refractivity contribution in [1.82, 2.24) is 5.32 Å². The lowest BCUT2D eigenvalue weighted by Gasteiger charge is -2.27. The van der Waals surface area contributed by atoms with Crippen molar-refractivity contribution >= 4 is 23.0 Å². The fraction of sp³-hybridized carbons (Fsp3) is 0.524. The Morgan fingerprint density at radius 2 is 2.15 bits per heavy atom. The largest absolute Gasteiger partial charge is 0.465 e. The van der Waals surface area contributed by atoms with Gasteiger partial charge in [-0.1, -0.05) is 33.3 Å². The van der Waals surface area contributed by atoms with Gasteiger partial charge < -0.3 is 9.73 Å². The van der Waals surface area contributed by atoms with Crippen LogP contribution in [0.5, 0.6) is 0 Å². The highest BCUT2D eigenvalue weighted by molar-refractivity contribution is 7.10. The highest BCUT2D eigenvalue weighted by Gasteiger charge is 2.36. The van der Waals surface area contributed by atoms with Gasteiger partial charge >= 0.3 is 0 Å². The van der Waals surface area contributed by atoms with Crippen molar-refractivity contribution < 1.29 is 14.0 Å². The summed E-state index contributed by atoms with van der Waals surface area (Å²) >= 11 is 1.66. The monoisotopic (exact) mass is 373 g/mol. The van der Waals surface area contributed by atoms with Gasteiger partial charge in [-0.25, -0.2) is 0 Å². The molecule has 1 atom stereocenters. The van der Waals surface area contributed by atoms with Crippen LogP contribution in [0.25, 0.3) is 0 Å². The molecule has 0 saturated heterocycles. The Labute approximate surface area is 159 Å². The summed E-state index contributed by atoms with van der Waals surface area (Å²) in [6.45, 7) is 8.12. The van der Waals surface area contributed by atoms with Gasteiger partial charge in [0.05, 0.1) is 18.0 Å². The fourth-order valence-corrected chi connectivity index (χ4v) is 4.61. The van der Waals surface area contributed by atoms with Gasteiger partial charge in [-0.15, -0.1) is 11.3 Å². The van der Waals surface area contributed by atoms with Crippen molar-refractivity contribution in [2.45, 2.75) is 65.8 Å². The molecule has 0 spiro atoms. The van der Waals surface area contributed by atoms with E-state index in [1.807, 2.05) is 18.4 Å². The summed E-state index contributed by atoms with van der Waals surface area (Å²) in [6, 6.07) is 4.10. The Kier molecular flexibility index (Phi) is 5.37. The van der Waals surface area contributed by atoms with Crippen LogP contribution in [-0.2, 0) is 17.6 Å². The molecule has 5 heteroatoms. The molecule has 1 N–H and O–H groups in total. The second-order valence-electron chi connectivity index (χ2n) is 7.98. The highest BCUT2D eigenvalue weighted by atomic mass is 32.1. The number of thiophene rings is 1. The van der Waals surface area contributed by atoms with Gasteiger partial charge in [0.15, 0.2) is 5.78 Å². The summed E-state index contributed by atoms with van der Waals surface area (Å²) in [5, 5.41) is 5.17. The van der Waals surface area contributed by atoms with Crippen LogP contribution in [-0.4, -0.2) is 11.7 Å². The lowest BCUT2D eigenvalue weighted by Crippen LogP contribution is -2.31. The van der Waals surface area contributed by atoms with E-state index >= 15 is 0 Å². The van der Waals surface area contributed by atoms with Crippen LogP contribution < -0.4 is 5.32 Å². The van der Waals surface area contributed by atoms with Gasteiger partial charge in [0.2, 0.25) is 5.91 Å². The molecule has 3 rings (SSSR count). The van der Waals surface area contributed by atoms with Crippen LogP contribution in [0.2, 0.25) is 0 Å². The van der Waals surface area contributed by atoms with Crippen molar-refractivity contribution in [2.75, 3.05) is 0 Å². The molecular weight excluding hydrogens is 346 g/mol. The van der Waals surface area contributed by atoms with Gasteiger partial charge in [0.25, 0.3) is 0 Å². The van der Waals surface area contributed by atoms with Crippen LogP contribution in [0, 0.1) is 12.3 Å². The number of aryl methyl sites for hydroxylation is 1.